The van der Waals surface area contributed by atoms with E-state index in [1.807, 2.05) is 11.3 Å². The normalized spacial score (nSPS) is 15.1. The molecule has 3 aromatic heterocycles. The molecule has 0 spiro atoms. The van der Waals surface area contributed by atoms with Crippen molar-refractivity contribution >= 4 is 53.4 Å². The van der Waals surface area contributed by atoms with Crippen LogP contribution < -0.4 is 0 Å². The van der Waals surface area contributed by atoms with Crippen LogP contribution in [0.15, 0.2) is 127 Å². The largest absolute Gasteiger partial charge is 0.307 e. The molecule has 11 rings (SSSR count). The average Bonchev–Trinajstić information content (AvgIpc) is 3.76. The van der Waals surface area contributed by atoms with Crippen LogP contribution in [0.5, 0.6) is 0 Å². The van der Waals surface area contributed by atoms with E-state index in [2.05, 4.69) is 160 Å². The maximum atomic E-state index is 5.48. The first kappa shape index (κ1) is 28.3. The summed E-state index contributed by atoms with van der Waals surface area (Å²) >= 11 is 1.91. The van der Waals surface area contributed by atoms with E-state index in [0.29, 0.717) is 0 Å². The first-order chi connectivity index (χ1) is 24.3. The van der Waals surface area contributed by atoms with Crippen LogP contribution in [0.4, 0.5) is 0 Å². The zero-order chi connectivity index (χ0) is 33.5. The fourth-order valence-electron chi connectivity index (χ4n) is 9.24. The van der Waals surface area contributed by atoms with Crippen molar-refractivity contribution in [2.45, 2.75) is 38.5 Å². The Labute approximate surface area is 294 Å². The minimum atomic E-state index is -0.209. The Morgan fingerprint density at radius 2 is 1.24 bits per heavy atom. The summed E-state index contributed by atoms with van der Waals surface area (Å²) in [5, 5.41) is 3.72. The van der Waals surface area contributed by atoms with Crippen LogP contribution in [-0.4, -0.2) is 14.5 Å². The maximum absolute atomic E-state index is 5.48. The highest BCUT2D eigenvalue weighted by Gasteiger charge is 2.39. The summed E-state index contributed by atoms with van der Waals surface area (Å²) in [6.07, 6.45) is 0. The highest BCUT2D eigenvalue weighted by atomic mass is 32.1. The Hall–Kier alpha value is -5.58. The molecule has 0 amide bonds. The monoisotopic (exact) mass is 659 g/mol. The quantitative estimate of drug-likeness (QED) is 0.185. The van der Waals surface area contributed by atoms with Crippen LogP contribution >= 0.6 is 11.3 Å². The molecule has 0 N–H and O–H groups in total. The number of thiophene rings is 1. The molecule has 4 heterocycles. The summed E-state index contributed by atoms with van der Waals surface area (Å²) in [5.41, 5.74) is 15.6. The van der Waals surface area contributed by atoms with Crippen LogP contribution in [0.2, 0.25) is 0 Å². The number of fused-ring (bicyclic) bond motifs is 11. The average molecular weight is 660 g/mol. The van der Waals surface area contributed by atoms with Crippen molar-refractivity contribution in [1.29, 1.82) is 0 Å². The van der Waals surface area contributed by atoms with Crippen molar-refractivity contribution in [3.63, 3.8) is 0 Å². The van der Waals surface area contributed by atoms with Gasteiger partial charge in [-0.3, -0.25) is 0 Å². The van der Waals surface area contributed by atoms with Crippen molar-refractivity contribution < 1.29 is 0 Å². The Bertz CT molecular complexity index is 2940. The van der Waals surface area contributed by atoms with E-state index >= 15 is 0 Å². The first-order valence-corrected chi connectivity index (χ1v) is 18.2. The second-order valence-electron chi connectivity index (χ2n) is 15.0. The molecule has 2 aliphatic rings. The molecule has 50 heavy (non-hydrogen) atoms. The molecule has 0 atom stereocenters. The second-order valence-corrected chi connectivity index (χ2v) is 16.0. The number of hydrogen-bond acceptors (Lipinski definition) is 3. The predicted octanol–water partition coefficient (Wildman–Crippen LogP) is 12.2. The fraction of sp³-hybridized carbons (Fsp3) is 0.130. The van der Waals surface area contributed by atoms with Gasteiger partial charge >= 0.3 is 0 Å². The van der Waals surface area contributed by atoms with Gasteiger partial charge in [0.2, 0.25) is 0 Å². The zero-order valence-electron chi connectivity index (χ0n) is 28.4. The molecule has 0 saturated heterocycles. The molecule has 4 heteroatoms. The number of aromatic nitrogens is 3. The molecular formula is C46H33N3S. The molecule has 238 valence electrons. The van der Waals surface area contributed by atoms with Crippen LogP contribution in [0.1, 0.15) is 49.9 Å². The standard InChI is InChI=1S/C46H33N3S/c1-45(2)34-20-12-18-32-41(34)49(42-30-15-7-10-22-38(30)50-43(32)42)37-24-23-26(25-35(37)45)40-29-14-6-9-21-36(29)47-44(48-40)31-17-11-16-28-27-13-5-8-19-33(27)46(3,4)39(28)31/h5-25H,1-4H3. The van der Waals surface area contributed by atoms with Crippen molar-refractivity contribution in [2.24, 2.45) is 0 Å². The van der Waals surface area contributed by atoms with E-state index in [1.54, 1.807) is 0 Å². The van der Waals surface area contributed by atoms with Gasteiger partial charge < -0.3 is 4.57 Å². The SMILES string of the molecule is CC1(C)c2ccccc2-c2cccc(-c3nc(-c4ccc5c(c4)C(C)(C)c4cccc6c7sc8ccccc8c7n-5c46)c4ccccc4n3)c21. The summed E-state index contributed by atoms with van der Waals surface area (Å²) in [6.45, 7) is 9.42. The minimum Gasteiger partial charge on any atom is -0.307 e. The lowest BCUT2D eigenvalue weighted by Crippen LogP contribution is -2.26. The van der Waals surface area contributed by atoms with Gasteiger partial charge in [0.05, 0.1) is 32.6 Å². The summed E-state index contributed by atoms with van der Waals surface area (Å²) in [4.78, 5) is 10.7. The summed E-state index contributed by atoms with van der Waals surface area (Å²) in [6, 6.07) is 46.6. The number of hydrogen-bond donors (Lipinski definition) is 0. The van der Waals surface area contributed by atoms with Gasteiger partial charge in [0.15, 0.2) is 5.82 Å². The number of rotatable bonds is 2. The summed E-state index contributed by atoms with van der Waals surface area (Å²) < 4.78 is 5.23. The van der Waals surface area contributed by atoms with Crippen LogP contribution in [0.3, 0.4) is 0 Å². The second kappa shape index (κ2) is 9.56. The lowest BCUT2D eigenvalue weighted by Gasteiger charge is -2.35. The molecule has 0 saturated carbocycles. The van der Waals surface area contributed by atoms with E-state index in [1.165, 1.54) is 70.3 Å². The van der Waals surface area contributed by atoms with Gasteiger partial charge in [0, 0.05) is 42.8 Å². The first-order valence-electron chi connectivity index (χ1n) is 17.4. The Morgan fingerprint density at radius 3 is 2.14 bits per heavy atom. The zero-order valence-corrected chi connectivity index (χ0v) is 29.2. The van der Waals surface area contributed by atoms with E-state index in [0.717, 1.165) is 33.5 Å². The lowest BCUT2D eigenvalue weighted by atomic mass is 9.74. The van der Waals surface area contributed by atoms with E-state index in [-0.39, 0.29) is 10.8 Å². The topological polar surface area (TPSA) is 30.7 Å². The van der Waals surface area contributed by atoms with Gasteiger partial charge in [-0.25, -0.2) is 9.97 Å². The van der Waals surface area contributed by atoms with Gasteiger partial charge in [-0.05, 0) is 57.6 Å². The molecule has 0 radical (unpaired) electrons. The molecule has 0 fully saturated rings. The van der Waals surface area contributed by atoms with Crippen molar-refractivity contribution in [3.05, 3.63) is 150 Å². The molecular weight excluding hydrogens is 627 g/mol. The van der Waals surface area contributed by atoms with E-state index in [4.69, 9.17) is 9.97 Å². The van der Waals surface area contributed by atoms with Gasteiger partial charge in [-0.1, -0.05) is 131 Å². The molecule has 6 aromatic carbocycles. The molecule has 1 aliphatic heterocycles. The van der Waals surface area contributed by atoms with Gasteiger partial charge in [0.1, 0.15) is 0 Å². The third-order valence-corrected chi connectivity index (χ3v) is 12.8. The third kappa shape index (κ3) is 3.49. The highest BCUT2D eigenvalue weighted by molar-refractivity contribution is 7.26. The lowest BCUT2D eigenvalue weighted by molar-refractivity contribution is 0.630. The highest BCUT2D eigenvalue weighted by Crippen LogP contribution is 2.53. The summed E-state index contributed by atoms with van der Waals surface area (Å²) in [7, 11) is 0. The Balaban J connectivity index is 1.17. The number of para-hydroxylation sites is 2. The number of benzene rings is 6. The van der Waals surface area contributed by atoms with Crippen LogP contribution in [-0.2, 0) is 10.8 Å². The Morgan fingerprint density at radius 1 is 0.540 bits per heavy atom. The maximum Gasteiger partial charge on any atom is 0.160 e. The van der Waals surface area contributed by atoms with E-state index in [9.17, 15) is 0 Å². The molecule has 3 nitrogen and oxygen atoms in total. The van der Waals surface area contributed by atoms with Crippen molar-refractivity contribution in [3.8, 4) is 39.5 Å². The molecule has 1 aliphatic carbocycles. The van der Waals surface area contributed by atoms with Gasteiger partial charge in [-0.2, -0.15) is 0 Å². The van der Waals surface area contributed by atoms with Gasteiger partial charge in [-0.15, -0.1) is 11.3 Å². The summed E-state index contributed by atoms with van der Waals surface area (Å²) in [5.74, 6) is 0.775. The molecule has 0 unspecified atom stereocenters. The smallest absolute Gasteiger partial charge is 0.160 e. The minimum absolute atomic E-state index is 0.166. The fourth-order valence-corrected chi connectivity index (χ4v) is 10.5. The van der Waals surface area contributed by atoms with Crippen LogP contribution in [0.25, 0.3) is 81.6 Å². The van der Waals surface area contributed by atoms with E-state index < -0.39 is 0 Å². The number of nitrogens with zero attached hydrogens (tertiary/aromatic N) is 3. The van der Waals surface area contributed by atoms with Crippen molar-refractivity contribution in [1.82, 2.24) is 14.5 Å². The molecule has 9 aromatic rings. The Kier molecular flexibility index (Phi) is 5.40. The van der Waals surface area contributed by atoms with Gasteiger partial charge in [0.25, 0.3) is 0 Å². The van der Waals surface area contributed by atoms with Crippen molar-refractivity contribution in [2.75, 3.05) is 0 Å². The predicted molar refractivity (Wildman–Crippen MR) is 210 cm³/mol. The molecule has 0 bridgehead atoms. The van der Waals surface area contributed by atoms with Crippen LogP contribution in [0, 0.1) is 0 Å². The third-order valence-electron chi connectivity index (χ3n) is 11.6.